The summed E-state index contributed by atoms with van der Waals surface area (Å²) in [7, 11) is -3.30. The van der Waals surface area contributed by atoms with Gasteiger partial charge >= 0.3 is 0 Å². The standard InChI is InChI=1S/C9H11N3O2S/c1-3-12-6-11-7-4-5-10-9(8(7)12)15(2,13)14/h4-6H,3H2,1-2H3. The Morgan fingerprint density at radius 2 is 2.13 bits per heavy atom. The quantitative estimate of drug-likeness (QED) is 0.760. The molecule has 0 saturated carbocycles. The SMILES string of the molecule is CCn1cnc2ccnc(S(C)(=O)=O)c21. The molecule has 6 heteroatoms. The summed E-state index contributed by atoms with van der Waals surface area (Å²) in [5.74, 6) is 0. The zero-order chi connectivity index (χ0) is 11.1. The van der Waals surface area contributed by atoms with Crippen molar-refractivity contribution in [1.82, 2.24) is 14.5 Å². The first-order valence-electron chi connectivity index (χ1n) is 4.54. The van der Waals surface area contributed by atoms with Crippen LogP contribution in [-0.2, 0) is 16.4 Å². The summed E-state index contributed by atoms with van der Waals surface area (Å²) in [6, 6.07) is 1.70. The number of pyridine rings is 1. The van der Waals surface area contributed by atoms with Gasteiger partial charge in [0, 0.05) is 19.0 Å². The zero-order valence-electron chi connectivity index (χ0n) is 8.51. The molecule has 0 spiro atoms. The summed E-state index contributed by atoms with van der Waals surface area (Å²) >= 11 is 0. The van der Waals surface area contributed by atoms with Crippen LogP contribution in [0.25, 0.3) is 11.0 Å². The van der Waals surface area contributed by atoms with Gasteiger partial charge in [0.25, 0.3) is 0 Å². The van der Waals surface area contributed by atoms with E-state index in [0.717, 1.165) is 6.26 Å². The summed E-state index contributed by atoms with van der Waals surface area (Å²) in [5, 5.41) is 0.0966. The lowest BCUT2D eigenvalue weighted by Crippen LogP contribution is -2.04. The summed E-state index contributed by atoms with van der Waals surface area (Å²) in [4.78, 5) is 8.03. The molecule has 0 amide bonds. The van der Waals surface area contributed by atoms with Gasteiger partial charge in [0.2, 0.25) is 0 Å². The van der Waals surface area contributed by atoms with Gasteiger partial charge in [0.15, 0.2) is 14.9 Å². The fourth-order valence-corrected chi connectivity index (χ4v) is 2.33. The Morgan fingerprint density at radius 1 is 1.40 bits per heavy atom. The molecule has 5 nitrogen and oxygen atoms in total. The number of hydrogen-bond donors (Lipinski definition) is 0. The van der Waals surface area contributed by atoms with Gasteiger partial charge in [-0.05, 0) is 13.0 Å². The molecule has 0 radical (unpaired) electrons. The number of rotatable bonds is 2. The maximum Gasteiger partial charge on any atom is 0.194 e. The summed E-state index contributed by atoms with van der Waals surface area (Å²) in [6.07, 6.45) is 4.24. The van der Waals surface area contributed by atoms with E-state index in [-0.39, 0.29) is 5.03 Å². The number of aromatic nitrogens is 3. The number of imidazole rings is 1. The van der Waals surface area contributed by atoms with Crippen LogP contribution in [-0.4, -0.2) is 29.2 Å². The van der Waals surface area contributed by atoms with E-state index in [0.29, 0.717) is 17.6 Å². The lowest BCUT2D eigenvalue weighted by Gasteiger charge is -2.03. The number of aryl methyl sites for hydroxylation is 1. The Balaban J connectivity index is 2.90. The summed E-state index contributed by atoms with van der Waals surface area (Å²) in [6.45, 7) is 2.60. The van der Waals surface area contributed by atoms with E-state index in [1.165, 1.54) is 6.20 Å². The largest absolute Gasteiger partial charge is 0.329 e. The van der Waals surface area contributed by atoms with Crippen LogP contribution >= 0.6 is 0 Å². The van der Waals surface area contributed by atoms with Crippen LogP contribution in [0.2, 0.25) is 0 Å². The molecule has 2 aromatic heterocycles. The monoisotopic (exact) mass is 225 g/mol. The van der Waals surface area contributed by atoms with Crippen LogP contribution in [0.15, 0.2) is 23.6 Å². The van der Waals surface area contributed by atoms with Crippen LogP contribution in [0, 0.1) is 0 Å². The zero-order valence-corrected chi connectivity index (χ0v) is 9.32. The maximum absolute atomic E-state index is 11.5. The van der Waals surface area contributed by atoms with Crippen LogP contribution in [0.4, 0.5) is 0 Å². The molecule has 0 aromatic carbocycles. The first-order chi connectivity index (χ1) is 7.04. The predicted molar refractivity (Wildman–Crippen MR) is 56.3 cm³/mol. The van der Waals surface area contributed by atoms with Gasteiger partial charge in [-0.15, -0.1) is 0 Å². The van der Waals surface area contributed by atoms with Crippen LogP contribution in [0.3, 0.4) is 0 Å². The molecule has 0 fully saturated rings. The third-order valence-corrected chi connectivity index (χ3v) is 3.19. The molecule has 0 atom stereocenters. The van der Waals surface area contributed by atoms with Crippen molar-refractivity contribution in [2.24, 2.45) is 0 Å². The minimum atomic E-state index is -3.30. The van der Waals surface area contributed by atoms with E-state index in [9.17, 15) is 8.42 Å². The fraction of sp³-hybridized carbons (Fsp3) is 0.333. The van der Waals surface area contributed by atoms with Crippen LogP contribution in [0.5, 0.6) is 0 Å². The highest BCUT2D eigenvalue weighted by Crippen LogP contribution is 2.19. The topological polar surface area (TPSA) is 64.8 Å². The van der Waals surface area contributed by atoms with Crippen LogP contribution in [0.1, 0.15) is 6.92 Å². The molecule has 2 aromatic rings. The van der Waals surface area contributed by atoms with E-state index < -0.39 is 9.84 Å². The summed E-state index contributed by atoms with van der Waals surface area (Å²) < 4.78 is 24.8. The molecule has 0 unspecified atom stereocenters. The smallest absolute Gasteiger partial charge is 0.194 e. The van der Waals surface area contributed by atoms with Gasteiger partial charge in [-0.25, -0.2) is 18.4 Å². The minimum Gasteiger partial charge on any atom is -0.329 e. The van der Waals surface area contributed by atoms with E-state index in [4.69, 9.17) is 0 Å². The molecule has 0 aliphatic rings. The second kappa shape index (κ2) is 3.30. The molecule has 15 heavy (non-hydrogen) atoms. The highest BCUT2D eigenvalue weighted by atomic mass is 32.2. The van der Waals surface area contributed by atoms with Crippen molar-refractivity contribution < 1.29 is 8.42 Å². The van der Waals surface area contributed by atoms with Gasteiger partial charge in [-0.2, -0.15) is 0 Å². The second-order valence-corrected chi connectivity index (χ2v) is 5.22. The summed E-state index contributed by atoms with van der Waals surface area (Å²) in [5.41, 5.74) is 1.25. The maximum atomic E-state index is 11.5. The molecule has 80 valence electrons. The third kappa shape index (κ3) is 1.61. The first-order valence-corrected chi connectivity index (χ1v) is 6.43. The first kappa shape index (κ1) is 10.1. The van der Waals surface area contributed by atoms with E-state index >= 15 is 0 Å². The third-order valence-electron chi connectivity index (χ3n) is 2.18. The molecule has 0 aliphatic carbocycles. The van der Waals surface area contributed by atoms with Crippen LogP contribution < -0.4 is 0 Å². The van der Waals surface area contributed by atoms with Gasteiger partial charge in [0.1, 0.15) is 5.52 Å². The van der Waals surface area contributed by atoms with Gasteiger partial charge in [-0.1, -0.05) is 0 Å². The van der Waals surface area contributed by atoms with Gasteiger partial charge in [0.05, 0.1) is 11.8 Å². The van der Waals surface area contributed by atoms with Crippen molar-refractivity contribution >= 4 is 20.9 Å². The highest BCUT2D eigenvalue weighted by molar-refractivity contribution is 7.90. The van der Waals surface area contributed by atoms with Crippen molar-refractivity contribution in [1.29, 1.82) is 0 Å². The van der Waals surface area contributed by atoms with Crippen molar-refractivity contribution in [3.05, 3.63) is 18.6 Å². The number of sulfone groups is 1. The Hall–Kier alpha value is -1.43. The molecular formula is C9H11N3O2S. The molecule has 2 heterocycles. The van der Waals surface area contributed by atoms with E-state index in [1.54, 1.807) is 17.0 Å². The second-order valence-electron chi connectivity index (χ2n) is 3.29. The fourth-order valence-electron chi connectivity index (χ4n) is 1.50. The van der Waals surface area contributed by atoms with Crippen molar-refractivity contribution in [2.45, 2.75) is 18.5 Å². The average molecular weight is 225 g/mol. The van der Waals surface area contributed by atoms with Crippen molar-refractivity contribution in [3.8, 4) is 0 Å². The number of nitrogens with zero attached hydrogens (tertiary/aromatic N) is 3. The highest BCUT2D eigenvalue weighted by Gasteiger charge is 2.16. The molecule has 0 aliphatic heterocycles. The predicted octanol–water partition coefficient (Wildman–Crippen LogP) is 0.855. The molecule has 2 rings (SSSR count). The normalized spacial score (nSPS) is 12.1. The van der Waals surface area contributed by atoms with Crippen molar-refractivity contribution in [2.75, 3.05) is 6.26 Å². The van der Waals surface area contributed by atoms with Gasteiger partial charge in [-0.3, -0.25) is 0 Å². The Morgan fingerprint density at radius 3 is 2.73 bits per heavy atom. The lowest BCUT2D eigenvalue weighted by atomic mass is 10.4. The molecule has 0 saturated heterocycles. The Kier molecular flexibility index (Phi) is 2.22. The molecule has 0 N–H and O–H groups in total. The molecular weight excluding hydrogens is 214 g/mol. The Bertz CT molecular complexity index is 601. The Labute approximate surface area is 87.7 Å². The average Bonchev–Trinajstić information content (AvgIpc) is 2.58. The number of hydrogen-bond acceptors (Lipinski definition) is 4. The van der Waals surface area contributed by atoms with Gasteiger partial charge < -0.3 is 4.57 Å². The number of fused-ring (bicyclic) bond motifs is 1. The molecule has 0 bridgehead atoms. The van der Waals surface area contributed by atoms with E-state index in [2.05, 4.69) is 9.97 Å². The minimum absolute atomic E-state index is 0.0966. The van der Waals surface area contributed by atoms with E-state index in [1.807, 2.05) is 6.92 Å². The lowest BCUT2D eigenvalue weighted by molar-refractivity contribution is 0.598. The van der Waals surface area contributed by atoms with Crippen molar-refractivity contribution in [3.63, 3.8) is 0 Å².